The minimum absolute atomic E-state index is 0.707. The third-order valence-electron chi connectivity index (χ3n) is 8.94. The Morgan fingerprint density at radius 1 is 0.390 bits per heavy atom. The van der Waals surface area contributed by atoms with E-state index in [1.165, 1.54) is 70.7 Å². The average molecular weight is 513 g/mol. The van der Waals surface area contributed by atoms with Gasteiger partial charge in [0.2, 0.25) is 0 Å². The fraction of sp³-hybridized carbons (Fsp3) is 0. The van der Waals surface area contributed by atoms with Gasteiger partial charge in [0.15, 0.2) is 0 Å². The molecule has 2 radical (unpaired) electrons. The maximum absolute atomic E-state index is 10.0. The molecule has 0 aromatic heterocycles. The van der Waals surface area contributed by atoms with Crippen molar-refractivity contribution in [2.24, 2.45) is 0 Å². The summed E-state index contributed by atoms with van der Waals surface area (Å²) >= 11 is 0. The van der Waals surface area contributed by atoms with E-state index in [-0.39, 0.29) is 0 Å². The number of benzene rings is 7. The quantitative estimate of drug-likeness (QED) is 0.211. The lowest BCUT2D eigenvalue weighted by molar-refractivity contribution is 1.51. The highest BCUT2D eigenvalue weighted by molar-refractivity contribution is 6.49. The lowest BCUT2D eigenvalue weighted by atomic mass is 9.87. The Morgan fingerprint density at radius 2 is 0.829 bits per heavy atom. The molecule has 0 saturated heterocycles. The molecule has 0 aliphatic heterocycles. The van der Waals surface area contributed by atoms with Gasteiger partial charge in [0.25, 0.3) is 0 Å². The summed E-state index contributed by atoms with van der Waals surface area (Å²) in [4.78, 5) is 0. The zero-order valence-electron chi connectivity index (χ0n) is 22.1. The van der Waals surface area contributed by atoms with Gasteiger partial charge in [0, 0.05) is 5.39 Å². The molecule has 2 heteroatoms. The Kier molecular flexibility index (Phi) is 4.42. The molecule has 9 aromatic rings. The molecule has 0 aliphatic rings. The van der Waals surface area contributed by atoms with Crippen LogP contribution >= 0.6 is 0 Å². The summed E-state index contributed by atoms with van der Waals surface area (Å²) in [6.45, 7) is 0. The van der Waals surface area contributed by atoms with Gasteiger partial charge in [-0.3, -0.25) is 0 Å². The number of fused-ring (bicyclic) bond motifs is 6. The molecule has 0 unspecified atom stereocenters. The van der Waals surface area contributed by atoms with Crippen LogP contribution in [0.2, 0.25) is 0 Å². The molecule has 9 rings (SSSR count). The molecule has 9 aromatic carbocycles. The average Bonchev–Trinajstić information content (AvgIpc) is 3.54. The lowest BCUT2D eigenvalue weighted by Crippen LogP contribution is -2.02. The Labute approximate surface area is 238 Å². The Morgan fingerprint density at radius 3 is 1.37 bits per heavy atom. The van der Waals surface area contributed by atoms with Crippen LogP contribution in [0, 0.1) is 11.3 Å². The van der Waals surface area contributed by atoms with Crippen LogP contribution in [0.4, 0.5) is 0 Å². The molecule has 0 N–H and O–H groups in total. The number of nitrogens with zero attached hydrogens (tertiary/aromatic N) is 1. The Hall–Kier alpha value is -5.39. The summed E-state index contributed by atoms with van der Waals surface area (Å²) in [5.41, 5.74) is 6.34. The molecule has 0 fully saturated rings. The predicted molar refractivity (Wildman–Crippen MR) is 175 cm³/mol. The molecule has 41 heavy (non-hydrogen) atoms. The summed E-state index contributed by atoms with van der Waals surface area (Å²) in [5, 5.41) is 24.3. The normalized spacial score (nSPS) is 12.0. The smallest absolute Gasteiger partial charge is 0.114 e. The van der Waals surface area contributed by atoms with Crippen molar-refractivity contribution in [3.63, 3.8) is 0 Å². The van der Waals surface area contributed by atoms with Crippen molar-refractivity contribution in [3.05, 3.63) is 127 Å². The van der Waals surface area contributed by atoms with Gasteiger partial charge in [-0.1, -0.05) is 121 Å². The van der Waals surface area contributed by atoms with Crippen LogP contribution < -0.4 is 5.46 Å². The van der Waals surface area contributed by atoms with E-state index < -0.39 is 0 Å². The van der Waals surface area contributed by atoms with Gasteiger partial charge in [-0.05, 0) is 87.6 Å². The van der Waals surface area contributed by atoms with Gasteiger partial charge in [-0.2, -0.15) is 5.26 Å². The molecule has 0 heterocycles. The van der Waals surface area contributed by atoms with Crippen molar-refractivity contribution in [1.82, 2.24) is 0 Å². The SMILES string of the molecule is [B]c1ccc2c3c(-c4ccccc4)c4c5cccc6c(C#N)ccc(c4c(-c4ccccc4)c3c3cccc1c23)c65. The van der Waals surface area contributed by atoms with Crippen LogP contribution in [0.25, 0.3) is 86.9 Å². The standard InChI is InChI=1S/C39H20BN/c40-31-20-19-30-35-26(31)14-8-16-28(35)37-33(23-11-5-2-6-12-23)38-29-18-17-24(21-41)25-13-7-15-27(34(25)29)36(38)32(39(30)37)22-9-3-1-4-10-22/h1-20H. The van der Waals surface area contributed by atoms with E-state index in [1.54, 1.807) is 0 Å². The van der Waals surface area contributed by atoms with E-state index in [1.807, 2.05) is 6.07 Å². The first-order valence-corrected chi connectivity index (χ1v) is 13.9. The summed E-state index contributed by atoms with van der Waals surface area (Å²) < 4.78 is 0. The minimum Gasteiger partial charge on any atom is -0.192 e. The monoisotopic (exact) mass is 513 g/mol. The highest BCUT2D eigenvalue weighted by atomic mass is 14.3. The van der Waals surface area contributed by atoms with Crippen LogP contribution in [0.1, 0.15) is 5.56 Å². The van der Waals surface area contributed by atoms with Gasteiger partial charge >= 0.3 is 0 Å². The third-order valence-corrected chi connectivity index (χ3v) is 8.94. The largest absolute Gasteiger partial charge is 0.192 e. The van der Waals surface area contributed by atoms with Crippen molar-refractivity contribution in [2.45, 2.75) is 0 Å². The lowest BCUT2D eigenvalue weighted by Gasteiger charge is -2.15. The molecule has 184 valence electrons. The molecular formula is C39H20BN. The number of hydrogen-bond donors (Lipinski definition) is 0. The fourth-order valence-corrected chi connectivity index (χ4v) is 7.38. The van der Waals surface area contributed by atoms with Crippen molar-refractivity contribution >= 4 is 77.9 Å². The van der Waals surface area contributed by atoms with Crippen LogP contribution in [-0.2, 0) is 0 Å². The van der Waals surface area contributed by atoms with Gasteiger partial charge in [-0.15, -0.1) is 0 Å². The number of nitriles is 1. The maximum atomic E-state index is 10.0. The van der Waals surface area contributed by atoms with Crippen molar-refractivity contribution in [2.75, 3.05) is 0 Å². The first kappa shape index (κ1) is 22.4. The molecule has 1 nitrogen and oxygen atoms in total. The van der Waals surface area contributed by atoms with E-state index in [0.717, 1.165) is 21.6 Å². The maximum Gasteiger partial charge on any atom is 0.114 e. The molecular weight excluding hydrogens is 493 g/mol. The van der Waals surface area contributed by atoms with Gasteiger partial charge < -0.3 is 0 Å². The second-order valence-electron chi connectivity index (χ2n) is 10.9. The first-order chi connectivity index (χ1) is 20.3. The Balaban J connectivity index is 1.71. The van der Waals surface area contributed by atoms with Crippen LogP contribution in [0.3, 0.4) is 0 Å². The number of rotatable bonds is 2. The van der Waals surface area contributed by atoms with E-state index in [9.17, 15) is 5.26 Å². The molecule has 0 amide bonds. The minimum atomic E-state index is 0.707. The first-order valence-electron chi connectivity index (χ1n) is 13.9. The molecule has 0 atom stereocenters. The second kappa shape index (κ2) is 8.07. The molecule has 0 saturated carbocycles. The molecule has 0 bridgehead atoms. The third kappa shape index (κ3) is 2.80. The molecule has 0 spiro atoms. The Bertz CT molecular complexity index is 2420. The van der Waals surface area contributed by atoms with Crippen molar-refractivity contribution < 1.29 is 0 Å². The van der Waals surface area contributed by atoms with E-state index in [4.69, 9.17) is 7.85 Å². The van der Waals surface area contributed by atoms with Crippen LogP contribution in [-0.4, -0.2) is 7.85 Å². The van der Waals surface area contributed by atoms with Gasteiger partial charge in [-0.25, -0.2) is 0 Å². The fourth-order valence-electron chi connectivity index (χ4n) is 7.38. The topological polar surface area (TPSA) is 23.8 Å². The van der Waals surface area contributed by atoms with Gasteiger partial charge in [0.1, 0.15) is 7.85 Å². The molecule has 0 aliphatic carbocycles. The van der Waals surface area contributed by atoms with E-state index >= 15 is 0 Å². The summed E-state index contributed by atoms with van der Waals surface area (Å²) in [7, 11) is 6.57. The highest BCUT2D eigenvalue weighted by Crippen LogP contribution is 2.55. The van der Waals surface area contributed by atoms with Crippen LogP contribution in [0.5, 0.6) is 0 Å². The van der Waals surface area contributed by atoms with E-state index in [2.05, 4.69) is 121 Å². The second-order valence-corrected chi connectivity index (χ2v) is 10.9. The predicted octanol–water partition coefficient (Wildman–Crippen LogP) is 9.48. The zero-order valence-corrected chi connectivity index (χ0v) is 22.1. The zero-order chi connectivity index (χ0) is 27.2. The van der Waals surface area contributed by atoms with Crippen molar-refractivity contribution in [3.8, 4) is 28.3 Å². The summed E-state index contributed by atoms with van der Waals surface area (Å²) in [6, 6.07) is 45.3. The summed E-state index contributed by atoms with van der Waals surface area (Å²) in [5.74, 6) is 0. The summed E-state index contributed by atoms with van der Waals surface area (Å²) in [6.07, 6.45) is 0. The van der Waals surface area contributed by atoms with E-state index in [0.29, 0.717) is 5.56 Å². The van der Waals surface area contributed by atoms with Gasteiger partial charge in [0.05, 0.1) is 11.6 Å². The number of hydrogen-bond acceptors (Lipinski definition) is 1. The van der Waals surface area contributed by atoms with Crippen molar-refractivity contribution in [1.29, 1.82) is 5.26 Å². The highest BCUT2D eigenvalue weighted by Gasteiger charge is 2.27. The van der Waals surface area contributed by atoms with Crippen LogP contribution in [0.15, 0.2) is 121 Å².